The van der Waals surface area contributed by atoms with E-state index in [-0.39, 0.29) is 22.8 Å². The summed E-state index contributed by atoms with van der Waals surface area (Å²) in [6.07, 6.45) is 5.24. The van der Waals surface area contributed by atoms with Gasteiger partial charge in [-0.1, -0.05) is 19.3 Å². The molecule has 20 heavy (non-hydrogen) atoms. The standard InChI is InChI=1S/C15H20FNO2S/c16-12-5-4-11(8-13(12)20)14(19)17-9-15(10-18)6-2-1-3-7-15/h4-5,8,18,20H,1-3,6-7,9-10H2,(H,17,19). The molecule has 0 aliphatic heterocycles. The number of rotatable bonds is 4. The highest BCUT2D eigenvalue weighted by Gasteiger charge is 2.31. The number of aliphatic hydroxyl groups is 1. The van der Waals surface area contributed by atoms with Crippen LogP contribution in [0.5, 0.6) is 0 Å². The first-order valence-electron chi connectivity index (χ1n) is 6.94. The lowest BCUT2D eigenvalue weighted by atomic mass is 9.74. The first-order chi connectivity index (χ1) is 9.56. The Balaban J connectivity index is 1.98. The van der Waals surface area contributed by atoms with Crippen molar-refractivity contribution in [3.05, 3.63) is 29.6 Å². The van der Waals surface area contributed by atoms with Gasteiger partial charge in [-0.15, -0.1) is 12.6 Å². The fourth-order valence-electron chi connectivity index (χ4n) is 2.72. The van der Waals surface area contributed by atoms with Gasteiger partial charge in [0.25, 0.3) is 5.91 Å². The van der Waals surface area contributed by atoms with E-state index in [0.29, 0.717) is 12.1 Å². The molecule has 2 rings (SSSR count). The normalized spacial score (nSPS) is 17.8. The molecule has 0 spiro atoms. The summed E-state index contributed by atoms with van der Waals surface area (Å²) in [4.78, 5) is 12.2. The van der Waals surface area contributed by atoms with Crippen LogP contribution in [0.2, 0.25) is 0 Å². The van der Waals surface area contributed by atoms with Gasteiger partial charge in [0.2, 0.25) is 0 Å². The Labute approximate surface area is 124 Å². The van der Waals surface area contributed by atoms with Crippen LogP contribution in [-0.4, -0.2) is 24.2 Å². The van der Waals surface area contributed by atoms with Crippen molar-refractivity contribution in [3.63, 3.8) is 0 Å². The Morgan fingerprint density at radius 2 is 2.05 bits per heavy atom. The monoisotopic (exact) mass is 297 g/mol. The molecule has 0 bridgehead atoms. The van der Waals surface area contributed by atoms with Gasteiger partial charge in [0.05, 0.1) is 6.61 Å². The zero-order chi connectivity index (χ0) is 14.6. The van der Waals surface area contributed by atoms with Gasteiger partial charge >= 0.3 is 0 Å². The van der Waals surface area contributed by atoms with Gasteiger partial charge in [0.15, 0.2) is 0 Å². The van der Waals surface area contributed by atoms with Crippen molar-refractivity contribution in [2.45, 2.75) is 37.0 Å². The minimum absolute atomic E-state index is 0.0918. The molecule has 1 fully saturated rings. The molecule has 1 aromatic carbocycles. The van der Waals surface area contributed by atoms with Gasteiger partial charge in [-0.2, -0.15) is 0 Å². The first kappa shape index (κ1) is 15.3. The fourth-order valence-corrected chi connectivity index (χ4v) is 2.93. The molecule has 1 aliphatic carbocycles. The molecule has 0 atom stereocenters. The Morgan fingerprint density at radius 3 is 2.65 bits per heavy atom. The van der Waals surface area contributed by atoms with Crippen molar-refractivity contribution in [2.24, 2.45) is 5.41 Å². The molecular weight excluding hydrogens is 277 g/mol. The van der Waals surface area contributed by atoms with Gasteiger partial charge in [-0.05, 0) is 31.0 Å². The van der Waals surface area contributed by atoms with Crippen molar-refractivity contribution < 1.29 is 14.3 Å². The average Bonchev–Trinajstić information content (AvgIpc) is 2.48. The lowest BCUT2D eigenvalue weighted by Gasteiger charge is -2.35. The SMILES string of the molecule is O=C(NCC1(CO)CCCCC1)c1ccc(F)c(S)c1. The molecule has 0 unspecified atom stereocenters. The number of hydrogen-bond acceptors (Lipinski definition) is 3. The summed E-state index contributed by atoms with van der Waals surface area (Å²) in [5.74, 6) is -0.692. The van der Waals surface area contributed by atoms with Crippen LogP contribution in [0.15, 0.2) is 23.1 Å². The summed E-state index contributed by atoms with van der Waals surface area (Å²) in [6.45, 7) is 0.552. The van der Waals surface area contributed by atoms with Crippen molar-refractivity contribution in [1.29, 1.82) is 0 Å². The van der Waals surface area contributed by atoms with Crippen LogP contribution in [-0.2, 0) is 0 Å². The third-order valence-corrected chi connectivity index (χ3v) is 4.42. The smallest absolute Gasteiger partial charge is 0.251 e. The van der Waals surface area contributed by atoms with E-state index in [2.05, 4.69) is 17.9 Å². The highest BCUT2D eigenvalue weighted by Crippen LogP contribution is 2.35. The Hall–Kier alpha value is -1.07. The minimum atomic E-state index is -0.441. The first-order valence-corrected chi connectivity index (χ1v) is 7.39. The predicted octanol–water partition coefficient (Wildman–Crippen LogP) is 2.79. The van der Waals surface area contributed by atoms with Gasteiger partial charge in [-0.3, -0.25) is 4.79 Å². The Morgan fingerprint density at radius 1 is 1.35 bits per heavy atom. The zero-order valence-corrected chi connectivity index (χ0v) is 12.3. The van der Waals surface area contributed by atoms with Crippen molar-refractivity contribution in [1.82, 2.24) is 5.32 Å². The molecule has 1 aliphatic rings. The average molecular weight is 297 g/mol. The van der Waals surface area contributed by atoms with E-state index < -0.39 is 5.82 Å². The largest absolute Gasteiger partial charge is 0.396 e. The number of carbonyl (C=O) groups excluding carboxylic acids is 1. The second-order valence-corrected chi connectivity index (χ2v) is 6.05. The van der Waals surface area contributed by atoms with E-state index in [1.807, 2.05) is 0 Å². The molecule has 0 heterocycles. The van der Waals surface area contributed by atoms with E-state index in [1.54, 1.807) is 0 Å². The molecule has 1 aromatic rings. The van der Waals surface area contributed by atoms with Gasteiger partial charge < -0.3 is 10.4 Å². The highest BCUT2D eigenvalue weighted by atomic mass is 32.1. The van der Waals surface area contributed by atoms with E-state index in [9.17, 15) is 14.3 Å². The molecule has 2 N–H and O–H groups in total. The van der Waals surface area contributed by atoms with Crippen LogP contribution in [0.3, 0.4) is 0 Å². The maximum Gasteiger partial charge on any atom is 0.251 e. The quantitative estimate of drug-likeness (QED) is 0.749. The van der Waals surface area contributed by atoms with Crippen LogP contribution < -0.4 is 5.32 Å². The van der Waals surface area contributed by atoms with Crippen LogP contribution in [0.1, 0.15) is 42.5 Å². The van der Waals surface area contributed by atoms with Crippen molar-refractivity contribution in [3.8, 4) is 0 Å². The molecule has 1 saturated carbocycles. The second kappa shape index (κ2) is 6.59. The summed E-state index contributed by atoms with van der Waals surface area (Å²) in [5.41, 5.74) is 0.192. The molecule has 3 nitrogen and oxygen atoms in total. The van der Waals surface area contributed by atoms with E-state index in [4.69, 9.17) is 0 Å². The third-order valence-electron chi connectivity index (χ3n) is 4.08. The topological polar surface area (TPSA) is 49.3 Å². The Kier molecular flexibility index (Phi) is 5.05. The summed E-state index contributed by atoms with van der Waals surface area (Å²) >= 11 is 3.97. The number of halogens is 1. The number of hydrogen-bond donors (Lipinski definition) is 3. The van der Waals surface area contributed by atoms with E-state index >= 15 is 0 Å². The van der Waals surface area contributed by atoms with Crippen LogP contribution in [0.4, 0.5) is 4.39 Å². The molecule has 110 valence electrons. The Bertz CT molecular complexity index is 487. The molecule has 0 aromatic heterocycles. The number of benzene rings is 1. The number of carbonyl (C=O) groups is 1. The third kappa shape index (κ3) is 3.52. The maximum atomic E-state index is 13.1. The van der Waals surface area contributed by atoms with Gasteiger partial charge in [0.1, 0.15) is 5.82 Å². The molecule has 0 saturated heterocycles. The number of nitrogens with one attached hydrogen (secondary N) is 1. The summed E-state index contributed by atoms with van der Waals surface area (Å²) in [6, 6.07) is 4.09. The van der Waals surface area contributed by atoms with E-state index in [1.165, 1.54) is 24.6 Å². The summed E-state index contributed by atoms with van der Waals surface area (Å²) < 4.78 is 13.1. The van der Waals surface area contributed by atoms with Gasteiger partial charge in [-0.25, -0.2) is 4.39 Å². The van der Waals surface area contributed by atoms with Gasteiger partial charge in [0, 0.05) is 22.4 Å². The molecule has 0 radical (unpaired) electrons. The molecule has 1 amide bonds. The lowest BCUT2D eigenvalue weighted by molar-refractivity contribution is 0.0718. The van der Waals surface area contributed by atoms with Crippen LogP contribution in [0.25, 0.3) is 0 Å². The van der Waals surface area contributed by atoms with Crippen LogP contribution >= 0.6 is 12.6 Å². The number of thiol groups is 1. The lowest BCUT2D eigenvalue weighted by Crippen LogP contribution is -2.41. The van der Waals surface area contributed by atoms with Crippen LogP contribution in [0, 0.1) is 11.2 Å². The zero-order valence-electron chi connectivity index (χ0n) is 11.4. The number of aliphatic hydroxyl groups excluding tert-OH is 1. The molecule has 5 heteroatoms. The fraction of sp³-hybridized carbons (Fsp3) is 0.533. The molecular formula is C15H20FNO2S. The van der Waals surface area contributed by atoms with Crippen molar-refractivity contribution in [2.75, 3.05) is 13.2 Å². The summed E-state index contributed by atoms with van der Waals surface area (Å²) in [7, 11) is 0. The minimum Gasteiger partial charge on any atom is -0.396 e. The predicted molar refractivity (Wildman–Crippen MR) is 78.6 cm³/mol. The maximum absolute atomic E-state index is 13.1. The highest BCUT2D eigenvalue weighted by molar-refractivity contribution is 7.80. The van der Waals surface area contributed by atoms with Crippen molar-refractivity contribution >= 4 is 18.5 Å². The van der Waals surface area contributed by atoms with E-state index in [0.717, 1.165) is 25.7 Å². The second-order valence-electron chi connectivity index (χ2n) is 5.57. The summed E-state index contributed by atoms with van der Waals surface area (Å²) in [5, 5.41) is 12.4. The number of amides is 1.